The molecule has 19 heavy (non-hydrogen) atoms. The van der Waals surface area contributed by atoms with Crippen molar-refractivity contribution >= 4 is 21.4 Å². The maximum atomic E-state index is 13.5. The van der Waals surface area contributed by atoms with Crippen molar-refractivity contribution in [2.24, 2.45) is 0 Å². The molecule has 0 unspecified atom stereocenters. The van der Waals surface area contributed by atoms with Crippen molar-refractivity contribution in [2.75, 3.05) is 0 Å². The normalized spacial score (nSPS) is 10.8. The van der Waals surface area contributed by atoms with Gasteiger partial charge in [0.2, 0.25) is 0 Å². The Kier molecular flexibility index (Phi) is 3.17. The lowest BCUT2D eigenvalue weighted by Gasteiger charge is -2.03. The largest absolute Gasteiger partial charge is 0.488 e. The van der Waals surface area contributed by atoms with Gasteiger partial charge in [-0.3, -0.25) is 0 Å². The summed E-state index contributed by atoms with van der Waals surface area (Å²) < 4.78 is 32.7. The van der Waals surface area contributed by atoms with E-state index in [0.29, 0.717) is 17.7 Å². The number of halogens is 2. The lowest BCUT2D eigenvalue weighted by Crippen LogP contribution is -1.92. The summed E-state index contributed by atoms with van der Waals surface area (Å²) in [6.07, 6.45) is 0. The minimum absolute atomic E-state index is 0.221. The number of thiophene rings is 1. The summed E-state index contributed by atoms with van der Waals surface area (Å²) in [5, 5.41) is 0.616. The molecule has 0 atom stereocenters. The lowest BCUT2D eigenvalue weighted by atomic mass is 10.2. The summed E-state index contributed by atoms with van der Waals surface area (Å²) in [4.78, 5) is 0.935. The number of ether oxygens (including phenoxy) is 1. The maximum Gasteiger partial charge on any atom is 0.131 e. The molecule has 96 valence electrons. The first-order chi connectivity index (χ1) is 9.22. The van der Waals surface area contributed by atoms with Crippen molar-refractivity contribution in [1.29, 1.82) is 0 Å². The number of rotatable bonds is 3. The van der Waals surface area contributed by atoms with Gasteiger partial charge in [-0.05, 0) is 42.5 Å². The van der Waals surface area contributed by atoms with Crippen LogP contribution in [0, 0.1) is 11.6 Å². The fourth-order valence-corrected chi connectivity index (χ4v) is 2.82. The van der Waals surface area contributed by atoms with Gasteiger partial charge in [0.25, 0.3) is 0 Å². The first kappa shape index (κ1) is 12.1. The van der Waals surface area contributed by atoms with Crippen molar-refractivity contribution in [3.63, 3.8) is 0 Å². The Hall–Kier alpha value is -1.94. The third-order valence-electron chi connectivity index (χ3n) is 2.75. The van der Waals surface area contributed by atoms with Gasteiger partial charge in [-0.2, -0.15) is 0 Å². The quantitative estimate of drug-likeness (QED) is 0.670. The Morgan fingerprint density at radius 3 is 2.53 bits per heavy atom. The van der Waals surface area contributed by atoms with Crippen LogP contribution < -0.4 is 4.74 Å². The molecular weight excluding hydrogens is 266 g/mol. The summed E-state index contributed by atoms with van der Waals surface area (Å²) >= 11 is 1.49. The molecule has 0 fully saturated rings. The summed E-state index contributed by atoms with van der Waals surface area (Å²) in [7, 11) is 0. The second kappa shape index (κ2) is 4.97. The first-order valence-corrected chi connectivity index (χ1v) is 6.59. The molecule has 4 heteroatoms. The highest BCUT2D eigenvalue weighted by atomic mass is 32.1. The van der Waals surface area contributed by atoms with Gasteiger partial charge >= 0.3 is 0 Å². The van der Waals surface area contributed by atoms with Gasteiger partial charge in [0, 0.05) is 15.0 Å². The fraction of sp³-hybridized carbons (Fsp3) is 0.0667. The topological polar surface area (TPSA) is 9.23 Å². The van der Waals surface area contributed by atoms with E-state index in [-0.39, 0.29) is 11.6 Å². The Balaban J connectivity index is 1.78. The molecule has 0 amide bonds. The van der Waals surface area contributed by atoms with Crippen LogP contribution in [0.4, 0.5) is 8.78 Å². The van der Waals surface area contributed by atoms with Crippen LogP contribution in [0.2, 0.25) is 0 Å². The van der Waals surface area contributed by atoms with Crippen LogP contribution in [0.5, 0.6) is 5.75 Å². The molecule has 0 spiro atoms. The summed E-state index contributed by atoms with van der Waals surface area (Å²) in [5.41, 5.74) is 0. The van der Waals surface area contributed by atoms with E-state index in [9.17, 15) is 8.78 Å². The van der Waals surface area contributed by atoms with Gasteiger partial charge in [0.1, 0.15) is 24.0 Å². The molecule has 3 aromatic rings. The van der Waals surface area contributed by atoms with E-state index in [0.717, 1.165) is 9.58 Å². The fourth-order valence-electron chi connectivity index (χ4n) is 1.83. The highest BCUT2D eigenvalue weighted by molar-refractivity contribution is 7.19. The lowest BCUT2D eigenvalue weighted by molar-refractivity contribution is 0.309. The molecular formula is C15H10F2OS. The minimum Gasteiger partial charge on any atom is -0.488 e. The summed E-state index contributed by atoms with van der Waals surface area (Å²) in [5.74, 6) is 0.0809. The predicted molar refractivity (Wildman–Crippen MR) is 72.5 cm³/mol. The van der Waals surface area contributed by atoms with Crippen LogP contribution in [0.15, 0.2) is 48.5 Å². The predicted octanol–water partition coefficient (Wildman–Crippen LogP) is 4.76. The Labute approximate surface area is 113 Å². The Morgan fingerprint density at radius 1 is 1.00 bits per heavy atom. The smallest absolute Gasteiger partial charge is 0.131 e. The Bertz CT molecular complexity index is 704. The molecule has 0 aliphatic rings. The van der Waals surface area contributed by atoms with Crippen LogP contribution in [0.3, 0.4) is 0 Å². The molecule has 0 aliphatic carbocycles. The zero-order valence-electron chi connectivity index (χ0n) is 9.90. The van der Waals surface area contributed by atoms with E-state index in [1.54, 1.807) is 24.3 Å². The van der Waals surface area contributed by atoms with Gasteiger partial charge in [0.15, 0.2) is 0 Å². The number of hydrogen-bond donors (Lipinski definition) is 0. The van der Waals surface area contributed by atoms with Crippen molar-refractivity contribution in [3.05, 3.63) is 65.0 Å². The second-order valence-corrected chi connectivity index (χ2v) is 5.28. The summed E-state index contributed by atoms with van der Waals surface area (Å²) in [6.45, 7) is 0.352. The highest BCUT2D eigenvalue weighted by Gasteiger charge is 2.06. The van der Waals surface area contributed by atoms with E-state index in [2.05, 4.69) is 0 Å². The average molecular weight is 276 g/mol. The van der Waals surface area contributed by atoms with E-state index in [4.69, 9.17) is 4.74 Å². The number of benzene rings is 2. The second-order valence-electron chi connectivity index (χ2n) is 4.11. The zero-order chi connectivity index (χ0) is 13.2. The standard InChI is InChI=1S/C15H10F2OS/c16-10-4-6-11(7-5-10)18-9-12-8-13-14(17)2-1-3-15(13)19-12/h1-8H,9H2. The molecule has 0 saturated carbocycles. The molecule has 3 rings (SSSR count). The van der Waals surface area contributed by atoms with Crippen LogP contribution in [-0.2, 0) is 6.61 Å². The highest BCUT2D eigenvalue weighted by Crippen LogP contribution is 2.28. The SMILES string of the molecule is Fc1ccc(OCc2cc3c(F)cccc3s2)cc1. The number of hydrogen-bond acceptors (Lipinski definition) is 2. The van der Waals surface area contributed by atoms with Crippen LogP contribution in [0.1, 0.15) is 4.88 Å². The van der Waals surface area contributed by atoms with E-state index in [1.807, 2.05) is 6.07 Å². The van der Waals surface area contributed by atoms with Gasteiger partial charge in [-0.1, -0.05) is 6.07 Å². The van der Waals surface area contributed by atoms with Gasteiger partial charge in [0.05, 0.1) is 0 Å². The molecule has 2 aromatic carbocycles. The van der Waals surface area contributed by atoms with Crippen molar-refractivity contribution in [1.82, 2.24) is 0 Å². The molecule has 1 heterocycles. The van der Waals surface area contributed by atoms with Crippen molar-refractivity contribution < 1.29 is 13.5 Å². The molecule has 0 saturated heterocycles. The monoisotopic (exact) mass is 276 g/mol. The van der Waals surface area contributed by atoms with E-state index in [1.165, 1.54) is 29.5 Å². The zero-order valence-corrected chi connectivity index (χ0v) is 10.7. The van der Waals surface area contributed by atoms with Crippen molar-refractivity contribution in [3.8, 4) is 5.75 Å². The van der Waals surface area contributed by atoms with Gasteiger partial charge in [-0.25, -0.2) is 8.78 Å². The van der Waals surface area contributed by atoms with Crippen LogP contribution in [-0.4, -0.2) is 0 Å². The molecule has 1 aromatic heterocycles. The first-order valence-electron chi connectivity index (χ1n) is 5.78. The van der Waals surface area contributed by atoms with Crippen LogP contribution in [0.25, 0.3) is 10.1 Å². The third-order valence-corrected chi connectivity index (χ3v) is 3.83. The molecule has 1 nitrogen and oxygen atoms in total. The van der Waals surface area contributed by atoms with Crippen molar-refractivity contribution in [2.45, 2.75) is 6.61 Å². The van der Waals surface area contributed by atoms with E-state index >= 15 is 0 Å². The van der Waals surface area contributed by atoms with E-state index < -0.39 is 0 Å². The Morgan fingerprint density at radius 2 is 1.79 bits per heavy atom. The number of fused-ring (bicyclic) bond motifs is 1. The van der Waals surface area contributed by atoms with Gasteiger partial charge in [-0.15, -0.1) is 11.3 Å². The average Bonchev–Trinajstić information content (AvgIpc) is 2.83. The molecule has 0 radical (unpaired) electrons. The molecule has 0 bridgehead atoms. The van der Waals surface area contributed by atoms with Crippen LogP contribution >= 0.6 is 11.3 Å². The maximum absolute atomic E-state index is 13.5. The van der Waals surface area contributed by atoms with Gasteiger partial charge < -0.3 is 4.74 Å². The third kappa shape index (κ3) is 2.58. The minimum atomic E-state index is -0.295. The summed E-state index contributed by atoms with van der Waals surface area (Å²) in [6, 6.07) is 12.6. The molecule has 0 N–H and O–H groups in total. The molecule has 0 aliphatic heterocycles.